The van der Waals surface area contributed by atoms with E-state index < -0.39 is 7.60 Å². The van der Waals surface area contributed by atoms with Crippen molar-refractivity contribution in [1.29, 1.82) is 0 Å². The Morgan fingerprint density at radius 2 is 2.00 bits per heavy atom. The minimum absolute atomic E-state index is 0.0817. The second-order valence-corrected chi connectivity index (χ2v) is 6.94. The first-order valence-corrected chi connectivity index (χ1v) is 7.18. The van der Waals surface area contributed by atoms with Gasteiger partial charge in [-0.15, -0.1) is 0 Å². The smallest absolute Gasteiger partial charge is 0.324 e. The second-order valence-electron chi connectivity index (χ2n) is 5.05. The highest BCUT2D eigenvalue weighted by Gasteiger charge is 2.42. The molecule has 0 aliphatic carbocycles. The van der Waals surface area contributed by atoms with Crippen LogP contribution in [0, 0.1) is 5.41 Å². The first kappa shape index (κ1) is 11.8. The molecule has 1 aliphatic rings. The van der Waals surface area contributed by atoms with Crippen molar-refractivity contribution in [2.75, 3.05) is 12.8 Å². The summed E-state index contributed by atoms with van der Waals surface area (Å²) in [7, 11) is -3.39. The minimum Gasteiger partial charge on any atom is -0.324 e. The van der Waals surface area contributed by atoms with E-state index in [1.807, 2.05) is 30.3 Å². The van der Waals surface area contributed by atoms with Gasteiger partial charge in [-0.3, -0.25) is 4.57 Å². The quantitative estimate of drug-likeness (QED) is 0.767. The maximum atomic E-state index is 11.6. The van der Waals surface area contributed by atoms with Crippen molar-refractivity contribution in [3.05, 3.63) is 35.9 Å². The zero-order valence-corrected chi connectivity index (χ0v) is 10.5. The number of hydrogen-bond acceptors (Lipinski definition) is 2. The van der Waals surface area contributed by atoms with E-state index in [4.69, 9.17) is 4.52 Å². The summed E-state index contributed by atoms with van der Waals surface area (Å²) in [5.74, 6) is 0.0817. The zero-order chi connectivity index (χ0) is 11.8. The Balaban J connectivity index is 2.33. The van der Waals surface area contributed by atoms with Crippen LogP contribution in [0.4, 0.5) is 0 Å². The van der Waals surface area contributed by atoms with Crippen molar-refractivity contribution in [3.63, 3.8) is 0 Å². The van der Waals surface area contributed by atoms with E-state index >= 15 is 0 Å². The van der Waals surface area contributed by atoms with E-state index in [1.54, 1.807) is 0 Å². The summed E-state index contributed by atoms with van der Waals surface area (Å²) in [5.41, 5.74) is 1.02. The summed E-state index contributed by atoms with van der Waals surface area (Å²) in [6, 6.07) is 9.90. The second kappa shape index (κ2) is 3.99. The van der Waals surface area contributed by atoms with Crippen molar-refractivity contribution >= 4 is 7.60 Å². The third-order valence-corrected chi connectivity index (χ3v) is 4.56. The molecule has 2 unspecified atom stereocenters. The number of benzene rings is 1. The summed E-state index contributed by atoms with van der Waals surface area (Å²) < 4.78 is 16.7. The molecule has 1 heterocycles. The zero-order valence-electron chi connectivity index (χ0n) is 9.59. The highest BCUT2D eigenvalue weighted by Crippen LogP contribution is 2.56. The van der Waals surface area contributed by atoms with E-state index in [1.165, 1.54) is 0 Å². The van der Waals surface area contributed by atoms with Crippen LogP contribution in [-0.4, -0.2) is 17.7 Å². The molecule has 1 aromatic rings. The largest absolute Gasteiger partial charge is 0.328 e. The van der Waals surface area contributed by atoms with Crippen LogP contribution in [0.3, 0.4) is 0 Å². The van der Waals surface area contributed by atoms with E-state index in [0.29, 0.717) is 6.61 Å². The fourth-order valence-electron chi connectivity index (χ4n) is 2.14. The molecule has 1 N–H and O–H groups in total. The first-order valence-electron chi connectivity index (χ1n) is 5.42. The van der Waals surface area contributed by atoms with Crippen LogP contribution < -0.4 is 0 Å². The van der Waals surface area contributed by atoms with Crippen LogP contribution in [0.15, 0.2) is 30.3 Å². The third kappa shape index (κ3) is 2.37. The van der Waals surface area contributed by atoms with Crippen LogP contribution in [-0.2, 0) is 9.09 Å². The molecule has 1 fully saturated rings. The Morgan fingerprint density at radius 3 is 2.62 bits per heavy atom. The lowest BCUT2D eigenvalue weighted by atomic mass is 9.76. The monoisotopic (exact) mass is 240 g/mol. The molecule has 4 heteroatoms. The van der Waals surface area contributed by atoms with Gasteiger partial charge in [0.15, 0.2) is 0 Å². The predicted octanol–water partition coefficient (Wildman–Crippen LogP) is 3.01. The van der Waals surface area contributed by atoms with Gasteiger partial charge in [-0.05, 0) is 11.0 Å². The number of rotatable bonds is 1. The van der Waals surface area contributed by atoms with Crippen LogP contribution in [0.1, 0.15) is 25.3 Å². The molecule has 1 aromatic carbocycles. The van der Waals surface area contributed by atoms with Crippen LogP contribution in [0.2, 0.25) is 0 Å². The average molecular weight is 240 g/mol. The van der Waals surface area contributed by atoms with E-state index in [9.17, 15) is 9.46 Å². The maximum absolute atomic E-state index is 11.6. The normalized spacial score (nSPS) is 33.6. The maximum Gasteiger partial charge on any atom is 0.328 e. The average Bonchev–Trinajstić information content (AvgIpc) is 2.24. The topological polar surface area (TPSA) is 46.5 Å². The molecule has 2 atom stereocenters. The van der Waals surface area contributed by atoms with Crippen molar-refractivity contribution in [2.45, 2.75) is 19.8 Å². The fourth-order valence-corrected chi connectivity index (χ4v) is 3.95. The molecule has 0 spiro atoms. The van der Waals surface area contributed by atoms with Gasteiger partial charge in [0.2, 0.25) is 0 Å². The van der Waals surface area contributed by atoms with Crippen molar-refractivity contribution in [3.8, 4) is 0 Å². The van der Waals surface area contributed by atoms with Crippen LogP contribution in [0.5, 0.6) is 0 Å². The van der Waals surface area contributed by atoms with E-state index in [2.05, 4.69) is 13.8 Å². The molecule has 16 heavy (non-hydrogen) atoms. The van der Waals surface area contributed by atoms with Gasteiger partial charge in [0.05, 0.1) is 12.8 Å². The fraction of sp³-hybridized carbons (Fsp3) is 0.500. The molecule has 2 rings (SSSR count). The molecule has 0 amide bonds. The van der Waals surface area contributed by atoms with E-state index in [0.717, 1.165) is 5.56 Å². The van der Waals surface area contributed by atoms with Gasteiger partial charge in [0.1, 0.15) is 0 Å². The standard InChI is InChI=1S/C12H17O3P/c1-12(2)9-15-16(13,14)8-11(12)10-6-4-3-5-7-10/h3-7,11H,8-9H2,1-2H3,(H,13,14). The van der Waals surface area contributed by atoms with Gasteiger partial charge in [-0.1, -0.05) is 44.2 Å². The lowest BCUT2D eigenvalue weighted by Gasteiger charge is -2.40. The summed E-state index contributed by atoms with van der Waals surface area (Å²) >= 11 is 0. The Bertz CT molecular complexity index is 414. The molecular weight excluding hydrogens is 223 g/mol. The highest BCUT2D eigenvalue weighted by atomic mass is 31.2. The van der Waals surface area contributed by atoms with Gasteiger partial charge in [-0.2, -0.15) is 0 Å². The lowest BCUT2D eigenvalue weighted by molar-refractivity contribution is 0.111. The molecule has 1 aliphatic heterocycles. The van der Waals surface area contributed by atoms with Gasteiger partial charge in [-0.25, -0.2) is 0 Å². The van der Waals surface area contributed by atoms with Gasteiger partial charge < -0.3 is 9.42 Å². The van der Waals surface area contributed by atoms with Gasteiger partial charge >= 0.3 is 7.60 Å². The molecule has 88 valence electrons. The Labute approximate surface area is 96.0 Å². The van der Waals surface area contributed by atoms with Gasteiger partial charge in [0, 0.05) is 5.92 Å². The van der Waals surface area contributed by atoms with Crippen molar-refractivity contribution < 1.29 is 14.0 Å². The highest BCUT2D eigenvalue weighted by molar-refractivity contribution is 7.52. The Hall–Kier alpha value is -0.630. The SMILES string of the molecule is CC1(C)COP(=O)(O)CC1c1ccccc1. The summed E-state index contributed by atoms with van der Waals surface area (Å²) in [6.45, 7) is 4.48. The van der Waals surface area contributed by atoms with Crippen LogP contribution in [0.25, 0.3) is 0 Å². The summed E-state index contributed by atoms with van der Waals surface area (Å²) in [4.78, 5) is 9.57. The van der Waals surface area contributed by atoms with Crippen molar-refractivity contribution in [2.24, 2.45) is 5.41 Å². The molecule has 0 saturated carbocycles. The third-order valence-electron chi connectivity index (χ3n) is 3.20. The van der Waals surface area contributed by atoms with Crippen LogP contribution >= 0.6 is 7.60 Å². The molecular formula is C12H17O3P. The molecule has 1 saturated heterocycles. The summed E-state index contributed by atoms with van der Waals surface area (Å²) in [5, 5.41) is 0. The predicted molar refractivity (Wildman–Crippen MR) is 63.6 cm³/mol. The number of hydrogen-bond donors (Lipinski definition) is 1. The Kier molecular flexibility index (Phi) is 2.95. The van der Waals surface area contributed by atoms with Crippen molar-refractivity contribution in [1.82, 2.24) is 0 Å². The molecule has 0 aromatic heterocycles. The molecule has 0 radical (unpaired) electrons. The molecule has 3 nitrogen and oxygen atoms in total. The first-order chi connectivity index (χ1) is 7.41. The van der Waals surface area contributed by atoms with E-state index in [-0.39, 0.29) is 17.5 Å². The van der Waals surface area contributed by atoms with Gasteiger partial charge in [0.25, 0.3) is 0 Å². The summed E-state index contributed by atoms with van der Waals surface area (Å²) in [6.07, 6.45) is 0.212. The Morgan fingerprint density at radius 1 is 1.38 bits per heavy atom. The lowest BCUT2D eigenvalue weighted by Crippen LogP contribution is -2.34. The minimum atomic E-state index is -3.39. The molecule has 0 bridgehead atoms.